The SMILES string of the molecule is CCCOCC(N)C(C)CC. The molecule has 0 aromatic carbocycles. The summed E-state index contributed by atoms with van der Waals surface area (Å²) < 4.78 is 5.34. The second-order valence-electron chi connectivity index (χ2n) is 3.12. The van der Waals surface area contributed by atoms with Crippen LogP contribution >= 0.6 is 0 Å². The average molecular weight is 159 g/mol. The van der Waals surface area contributed by atoms with Crippen LogP contribution in [0.15, 0.2) is 0 Å². The van der Waals surface area contributed by atoms with Gasteiger partial charge in [-0.3, -0.25) is 0 Å². The van der Waals surface area contributed by atoms with E-state index in [9.17, 15) is 0 Å². The van der Waals surface area contributed by atoms with E-state index in [0.717, 1.165) is 19.4 Å². The van der Waals surface area contributed by atoms with Crippen molar-refractivity contribution in [2.45, 2.75) is 39.7 Å². The van der Waals surface area contributed by atoms with Crippen LogP contribution in [0.4, 0.5) is 0 Å². The van der Waals surface area contributed by atoms with Crippen molar-refractivity contribution >= 4 is 0 Å². The topological polar surface area (TPSA) is 35.2 Å². The Morgan fingerprint density at radius 3 is 2.45 bits per heavy atom. The Bertz CT molecular complexity index is 85.6. The van der Waals surface area contributed by atoms with Crippen molar-refractivity contribution in [3.05, 3.63) is 0 Å². The van der Waals surface area contributed by atoms with Crippen molar-refractivity contribution in [1.29, 1.82) is 0 Å². The summed E-state index contributed by atoms with van der Waals surface area (Å²) in [5.41, 5.74) is 5.84. The van der Waals surface area contributed by atoms with Crippen LogP contribution in [-0.2, 0) is 4.74 Å². The molecule has 2 heteroatoms. The van der Waals surface area contributed by atoms with Gasteiger partial charge >= 0.3 is 0 Å². The lowest BCUT2D eigenvalue weighted by Gasteiger charge is -2.17. The molecule has 0 saturated carbocycles. The first-order chi connectivity index (χ1) is 5.22. The molecule has 0 spiro atoms. The molecular weight excluding hydrogens is 138 g/mol. The zero-order chi connectivity index (χ0) is 8.69. The molecule has 0 saturated heterocycles. The van der Waals surface area contributed by atoms with Crippen molar-refractivity contribution in [2.24, 2.45) is 11.7 Å². The molecule has 0 fully saturated rings. The number of rotatable bonds is 6. The summed E-state index contributed by atoms with van der Waals surface area (Å²) in [4.78, 5) is 0. The van der Waals surface area contributed by atoms with Crippen LogP contribution in [0.5, 0.6) is 0 Å². The number of hydrogen-bond acceptors (Lipinski definition) is 2. The van der Waals surface area contributed by atoms with E-state index >= 15 is 0 Å². The molecule has 2 nitrogen and oxygen atoms in total. The number of hydrogen-bond donors (Lipinski definition) is 1. The van der Waals surface area contributed by atoms with Gasteiger partial charge < -0.3 is 10.5 Å². The largest absolute Gasteiger partial charge is 0.380 e. The minimum atomic E-state index is 0.214. The van der Waals surface area contributed by atoms with E-state index in [4.69, 9.17) is 10.5 Å². The lowest BCUT2D eigenvalue weighted by molar-refractivity contribution is 0.107. The Balaban J connectivity index is 3.28. The minimum Gasteiger partial charge on any atom is -0.380 e. The van der Waals surface area contributed by atoms with Crippen molar-refractivity contribution in [2.75, 3.05) is 13.2 Å². The summed E-state index contributed by atoms with van der Waals surface area (Å²) in [6.45, 7) is 7.98. The Kier molecular flexibility index (Phi) is 6.57. The molecule has 2 N–H and O–H groups in total. The molecule has 0 heterocycles. The highest BCUT2D eigenvalue weighted by Crippen LogP contribution is 2.05. The predicted octanol–water partition coefficient (Wildman–Crippen LogP) is 1.79. The van der Waals surface area contributed by atoms with Gasteiger partial charge in [-0.05, 0) is 12.3 Å². The zero-order valence-corrected chi connectivity index (χ0v) is 7.97. The van der Waals surface area contributed by atoms with Gasteiger partial charge in [0.15, 0.2) is 0 Å². The van der Waals surface area contributed by atoms with Crippen LogP contribution in [0.3, 0.4) is 0 Å². The van der Waals surface area contributed by atoms with Gasteiger partial charge in [0.25, 0.3) is 0 Å². The van der Waals surface area contributed by atoms with Gasteiger partial charge in [-0.25, -0.2) is 0 Å². The molecule has 0 bridgehead atoms. The standard InChI is InChI=1S/C9H21NO/c1-4-6-11-7-9(10)8(3)5-2/h8-9H,4-7,10H2,1-3H3. The summed E-state index contributed by atoms with van der Waals surface area (Å²) >= 11 is 0. The monoisotopic (exact) mass is 159 g/mol. The second-order valence-corrected chi connectivity index (χ2v) is 3.12. The van der Waals surface area contributed by atoms with Crippen molar-refractivity contribution in [3.8, 4) is 0 Å². The highest BCUT2D eigenvalue weighted by molar-refractivity contribution is 4.66. The molecule has 68 valence electrons. The normalized spacial score (nSPS) is 16.4. The second kappa shape index (κ2) is 6.62. The summed E-state index contributed by atoms with van der Waals surface area (Å²) in [5.74, 6) is 0.576. The molecule has 0 aromatic heterocycles. The fourth-order valence-corrected chi connectivity index (χ4v) is 0.831. The Morgan fingerprint density at radius 1 is 1.36 bits per heavy atom. The highest BCUT2D eigenvalue weighted by atomic mass is 16.5. The van der Waals surface area contributed by atoms with Crippen molar-refractivity contribution < 1.29 is 4.74 Å². The fraction of sp³-hybridized carbons (Fsp3) is 1.00. The first kappa shape index (κ1) is 10.9. The maximum Gasteiger partial charge on any atom is 0.0620 e. The molecule has 0 radical (unpaired) electrons. The average Bonchev–Trinajstić information content (AvgIpc) is 2.03. The van der Waals surface area contributed by atoms with Crippen molar-refractivity contribution in [1.82, 2.24) is 0 Å². The van der Waals surface area contributed by atoms with Crippen LogP contribution in [0.25, 0.3) is 0 Å². The number of ether oxygens (including phenoxy) is 1. The molecule has 0 aromatic rings. The van der Waals surface area contributed by atoms with Crippen LogP contribution in [0.1, 0.15) is 33.6 Å². The Hall–Kier alpha value is -0.0800. The third-order valence-electron chi connectivity index (χ3n) is 2.03. The summed E-state index contributed by atoms with van der Waals surface area (Å²) in [6.07, 6.45) is 2.21. The molecule has 0 aliphatic carbocycles. The minimum absolute atomic E-state index is 0.214. The van der Waals surface area contributed by atoms with Gasteiger partial charge in [0.05, 0.1) is 6.61 Å². The van der Waals surface area contributed by atoms with Gasteiger partial charge in [0, 0.05) is 12.6 Å². The van der Waals surface area contributed by atoms with E-state index in [1.165, 1.54) is 0 Å². The molecule has 0 rings (SSSR count). The van der Waals surface area contributed by atoms with Crippen LogP contribution in [0, 0.1) is 5.92 Å². The van der Waals surface area contributed by atoms with Gasteiger partial charge in [0.2, 0.25) is 0 Å². The maximum atomic E-state index is 5.84. The summed E-state index contributed by atoms with van der Waals surface area (Å²) in [5, 5.41) is 0. The zero-order valence-electron chi connectivity index (χ0n) is 7.97. The van der Waals surface area contributed by atoms with Gasteiger partial charge in [0.1, 0.15) is 0 Å². The first-order valence-corrected chi connectivity index (χ1v) is 4.55. The van der Waals surface area contributed by atoms with Crippen LogP contribution < -0.4 is 5.73 Å². The molecular formula is C9H21NO. The molecule has 0 aliphatic rings. The number of nitrogens with two attached hydrogens (primary N) is 1. The van der Waals surface area contributed by atoms with E-state index < -0.39 is 0 Å². The molecule has 0 aliphatic heterocycles. The van der Waals surface area contributed by atoms with Crippen LogP contribution in [-0.4, -0.2) is 19.3 Å². The van der Waals surface area contributed by atoms with Crippen molar-refractivity contribution in [3.63, 3.8) is 0 Å². The summed E-state index contributed by atoms with van der Waals surface area (Å²) in [6, 6.07) is 0.214. The van der Waals surface area contributed by atoms with Gasteiger partial charge in [-0.15, -0.1) is 0 Å². The highest BCUT2D eigenvalue weighted by Gasteiger charge is 2.09. The Morgan fingerprint density at radius 2 is 2.00 bits per heavy atom. The Labute approximate surface area is 70.1 Å². The lowest BCUT2D eigenvalue weighted by Crippen LogP contribution is -2.32. The molecule has 2 atom stereocenters. The first-order valence-electron chi connectivity index (χ1n) is 4.55. The molecule has 11 heavy (non-hydrogen) atoms. The van der Waals surface area contributed by atoms with E-state index in [0.29, 0.717) is 12.5 Å². The third kappa shape index (κ3) is 5.22. The summed E-state index contributed by atoms with van der Waals surface area (Å²) in [7, 11) is 0. The third-order valence-corrected chi connectivity index (χ3v) is 2.03. The molecule has 2 unspecified atom stereocenters. The smallest absolute Gasteiger partial charge is 0.0620 e. The maximum absolute atomic E-state index is 5.84. The van der Waals surface area contributed by atoms with E-state index in [1.807, 2.05) is 0 Å². The van der Waals surface area contributed by atoms with Crippen LogP contribution in [0.2, 0.25) is 0 Å². The van der Waals surface area contributed by atoms with E-state index in [2.05, 4.69) is 20.8 Å². The molecule has 0 amide bonds. The van der Waals surface area contributed by atoms with E-state index in [1.54, 1.807) is 0 Å². The van der Waals surface area contributed by atoms with Gasteiger partial charge in [-0.2, -0.15) is 0 Å². The quantitative estimate of drug-likeness (QED) is 0.600. The van der Waals surface area contributed by atoms with E-state index in [-0.39, 0.29) is 6.04 Å². The fourth-order valence-electron chi connectivity index (χ4n) is 0.831. The predicted molar refractivity (Wildman–Crippen MR) is 48.5 cm³/mol. The van der Waals surface area contributed by atoms with Gasteiger partial charge in [-0.1, -0.05) is 27.2 Å². The lowest BCUT2D eigenvalue weighted by atomic mass is 10.0.